The van der Waals surface area contributed by atoms with Gasteiger partial charge in [-0.05, 0) is 32.5 Å². The molecule has 1 saturated heterocycles. The molecule has 1 aromatic heterocycles. The molecule has 0 aromatic carbocycles. The normalized spacial score (nSPS) is 22.5. The SMILES string of the molecule is CN1CCCCC1CNCc1cc(Cl)cs1. The number of nitrogens with zero attached hydrogens (tertiary/aromatic N) is 1. The molecule has 1 N–H and O–H groups in total. The minimum absolute atomic E-state index is 0.712. The minimum Gasteiger partial charge on any atom is -0.310 e. The fourth-order valence-corrected chi connectivity index (χ4v) is 3.25. The van der Waals surface area contributed by atoms with E-state index in [-0.39, 0.29) is 0 Å². The number of likely N-dealkylation sites (tertiary alicyclic amines) is 1. The van der Waals surface area contributed by atoms with Crippen LogP contribution in [0.4, 0.5) is 0 Å². The van der Waals surface area contributed by atoms with Crippen molar-refractivity contribution in [3.63, 3.8) is 0 Å². The first-order valence-electron chi connectivity index (χ1n) is 5.89. The second-order valence-corrected chi connectivity index (χ2v) is 5.92. The van der Waals surface area contributed by atoms with Crippen LogP contribution in [-0.2, 0) is 6.54 Å². The molecule has 2 heterocycles. The Kier molecular flexibility index (Phi) is 4.65. The molecule has 0 spiro atoms. The molecule has 0 saturated carbocycles. The van der Waals surface area contributed by atoms with E-state index in [9.17, 15) is 0 Å². The Bertz CT molecular complexity index is 327. The monoisotopic (exact) mass is 258 g/mol. The Morgan fingerprint density at radius 3 is 3.12 bits per heavy atom. The molecule has 16 heavy (non-hydrogen) atoms. The lowest BCUT2D eigenvalue weighted by Crippen LogP contribution is -2.42. The lowest BCUT2D eigenvalue weighted by atomic mass is 10.0. The Morgan fingerprint density at radius 1 is 1.56 bits per heavy atom. The van der Waals surface area contributed by atoms with Gasteiger partial charge in [0.05, 0.1) is 5.02 Å². The van der Waals surface area contributed by atoms with Crippen LogP contribution in [0.3, 0.4) is 0 Å². The van der Waals surface area contributed by atoms with E-state index in [0.29, 0.717) is 6.04 Å². The molecule has 2 nitrogen and oxygen atoms in total. The largest absolute Gasteiger partial charge is 0.310 e. The first kappa shape index (κ1) is 12.4. The number of piperidine rings is 1. The van der Waals surface area contributed by atoms with Crippen molar-refractivity contribution in [2.24, 2.45) is 0 Å². The minimum atomic E-state index is 0.712. The molecule has 0 bridgehead atoms. The van der Waals surface area contributed by atoms with Crippen molar-refractivity contribution in [2.75, 3.05) is 20.1 Å². The van der Waals surface area contributed by atoms with Gasteiger partial charge in [-0.25, -0.2) is 0 Å². The summed E-state index contributed by atoms with van der Waals surface area (Å²) in [4.78, 5) is 3.79. The Morgan fingerprint density at radius 2 is 2.44 bits per heavy atom. The summed E-state index contributed by atoms with van der Waals surface area (Å²) in [5.41, 5.74) is 0. The molecule has 0 radical (unpaired) electrons. The molecule has 90 valence electrons. The summed E-state index contributed by atoms with van der Waals surface area (Å²) >= 11 is 7.61. The van der Waals surface area contributed by atoms with E-state index in [1.54, 1.807) is 11.3 Å². The van der Waals surface area contributed by atoms with Gasteiger partial charge in [-0.3, -0.25) is 0 Å². The molecule has 0 aliphatic carbocycles. The van der Waals surface area contributed by atoms with Crippen molar-refractivity contribution in [1.82, 2.24) is 10.2 Å². The van der Waals surface area contributed by atoms with Crippen LogP contribution in [-0.4, -0.2) is 31.1 Å². The fraction of sp³-hybridized carbons (Fsp3) is 0.667. The number of likely N-dealkylation sites (N-methyl/N-ethyl adjacent to an activating group) is 1. The summed E-state index contributed by atoms with van der Waals surface area (Å²) in [6.45, 7) is 3.28. The highest BCUT2D eigenvalue weighted by Gasteiger charge is 2.17. The van der Waals surface area contributed by atoms with Crippen LogP contribution in [0.15, 0.2) is 11.4 Å². The maximum atomic E-state index is 5.89. The van der Waals surface area contributed by atoms with E-state index in [0.717, 1.165) is 18.1 Å². The first-order valence-corrected chi connectivity index (χ1v) is 7.15. The van der Waals surface area contributed by atoms with E-state index >= 15 is 0 Å². The maximum Gasteiger partial charge on any atom is 0.0516 e. The predicted octanol–water partition coefficient (Wildman–Crippen LogP) is 2.98. The second kappa shape index (κ2) is 6.01. The van der Waals surface area contributed by atoms with Gasteiger partial charge in [0.15, 0.2) is 0 Å². The Hall–Kier alpha value is -0.0900. The first-order chi connectivity index (χ1) is 7.75. The third-order valence-corrected chi connectivity index (χ3v) is 4.51. The summed E-state index contributed by atoms with van der Waals surface area (Å²) in [5.74, 6) is 0. The smallest absolute Gasteiger partial charge is 0.0516 e. The van der Waals surface area contributed by atoms with Gasteiger partial charge in [0.25, 0.3) is 0 Å². The number of thiophene rings is 1. The quantitative estimate of drug-likeness (QED) is 0.893. The van der Waals surface area contributed by atoms with Gasteiger partial charge in [0.2, 0.25) is 0 Å². The number of halogens is 1. The third-order valence-electron chi connectivity index (χ3n) is 3.22. The van der Waals surface area contributed by atoms with Crippen molar-refractivity contribution < 1.29 is 0 Å². The highest BCUT2D eigenvalue weighted by atomic mass is 35.5. The fourth-order valence-electron chi connectivity index (χ4n) is 2.21. The molecule has 1 unspecified atom stereocenters. The van der Waals surface area contributed by atoms with Crippen LogP contribution in [0.2, 0.25) is 5.02 Å². The van der Waals surface area contributed by atoms with Crippen molar-refractivity contribution >= 4 is 22.9 Å². The van der Waals surface area contributed by atoms with Crippen LogP contribution in [0.25, 0.3) is 0 Å². The second-order valence-electron chi connectivity index (χ2n) is 4.49. The van der Waals surface area contributed by atoms with E-state index < -0.39 is 0 Å². The van der Waals surface area contributed by atoms with Crippen molar-refractivity contribution in [2.45, 2.75) is 31.8 Å². The molecule has 2 rings (SSSR count). The molecule has 1 fully saturated rings. The van der Waals surface area contributed by atoms with Crippen LogP contribution < -0.4 is 5.32 Å². The van der Waals surface area contributed by atoms with E-state index in [1.807, 2.05) is 11.4 Å². The number of nitrogens with one attached hydrogen (secondary N) is 1. The number of hydrogen-bond acceptors (Lipinski definition) is 3. The van der Waals surface area contributed by atoms with Gasteiger partial charge in [-0.1, -0.05) is 18.0 Å². The van der Waals surface area contributed by atoms with Crippen molar-refractivity contribution in [3.8, 4) is 0 Å². The zero-order chi connectivity index (χ0) is 11.4. The van der Waals surface area contributed by atoms with Gasteiger partial charge in [-0.15, -0.1) is 11.3 Å². The Balaban J connectivity index is 1.71. The highest BCUT2D eigenvalue weighted by molar-refractivity contribution is 7.10. The maximum absolute atomic E-state index is 5.89. The van der Waals surface area contributed by atoms with Crippen LogP contribution in [0.1, 0.15) is 24.1 Å². The van der Waals surface area contributed by atoms with E-state index in [1.165, 1.54) is 30.7 Å². The zero-order valence-corrected chi connectivity index (χ0v) is 11.3. The average molecular weight is 259 g/mol. The van der Waals surface area contributed by atoms with Crippen molar-refractivity contribution in [3.05, 3.63) is 21.3 Å². The summed E-state index contributed by atoms with van der Waals surface area (Å²) in [7, 11) is 2.23. The zero-order valence-electron chi connectivity index (χ0n) is 9.71. The van der Waals surface area contributed by atoms with Gasteiger partial charge in [-0.2, -0.15) is 0 Å². The van der Waals surface area contributed by atoms with Crippen LogP contribution >= 0.6 is 22.9 Å². The molecule has 1 atom stereocenters. The van der Waals surface area contributed by atoms with E-state index in [2.05, 4.69) is 17.3 Å². The topological polar surface area (TPSA) is 15.3 Å². The Labute approximate surface area is 107 Å². The van der Waals surface area contributed by atoms with Crippen molar-refractivity contribution in [1.29, 1.82) is 0 Å². The molecule has 4 heteroatoms. The summed E-state index contributed by atoms with van der Waals surface area (Å²) in [6.07, 6.45) is 4.06. The van der Waals surface area contributed by atoms with Gasteiger partial charge >= 0.3 is 0 Å². The highest BCUT2D eigenvalue weighted by Crippen LogP contribution is 2.19. The van der Waals surface area contributed by atoms with Crippen LogP contribution in [0, 0.1) is 0 Å². The molecular weight excluding hydrogens is 240 g/mol. The molecule has 1 aromatic rings. The molecular formula is C12H19ClN2S. The third kappa shape index (κ3) is 3.45. The number of rotatable bonds is 4. The molecule has 1 aliphatic rings. The standard InChI is InChI=1S/C12H19ClN2S/c1-15-5-3-2-4-11(15)7-14-8-12-6-10(13)9-16-12/h6,9,11,14H,2-5,7-8H2,1H3. The van der Waals surface area contributed by atoms with Gasteiger partial charge < -0.3 is 10.2 Å². The summed E-state index contributed by atoms with van der Waals surface area (Å²) < 4.78 is 0. The van der Waals surface area contributed by atoms with Crippen LogP contribution in [0.5, 0.6) is 0 Å². The summed E-state index contributed by atoms with van der Waals surface area (Å²) in [6, 6.07) is 2.76. The lowest BCUT2D eigenvalue weighted by molar-refractivity contribution is 0.181. The predicted molar refractivity (Wildman–Crippen MR) is 71.3 cm³/mol. The molecule has 0 amide bonds. The van der Waals surface area contributed by atoms with Gasteiger partial charge in [0.1, 0.15) is 0 Å². The van der Waals surface area contributed by atoms with E-state index in [4.69, 9.17) is 11.6 Å². The number of hydrogen-bond donors (Lipinski definition) is 1. The van der Waals surface area contributed by atoms with Gasteiger partial charge in [0, 0.05) is 29.4 Å². The lowest BCUT2D eigenvalue weighted by Gasteiger charge is -2.32. The molecule has 1 aliphatic heterocycles. The average Bonchev–Trinajstić information content (AvgIpc) is 2.67. The summed E-state index contributed by atoms with van der Waals surface area (Å²) in [5, 5.41) is 6.37.